The van der Waals surface area contributed by atoms with Gasteiger partial charge in [0.25, 0.3) is 0 Å². The predicted octanol–water partition coefficient (Wildman–Crippen LogP) is 5.66. The van der Waals surface area contributed by atoms with Crippen molar-refractivity contribution in [3.05, 3.63) is 83.1 Å². The van der Waals surface area contributed by atoms with E-state index in [9.17, 15) is 0 Å². The fourth-order valence-electron chi connectivity index (χ4n) is 4.81. The van der Waals surface area contributed by atoms with Crippen LogP contribution in [0.1, 0.15) is 42.6 Å². The van der Waals surface area contributed by atoms with Crippen LogP contribution in [-0.4, -0.2) is 21.0 Å². The summed E-state index contributed by atoms with van der Waals surface area (Å²) in [5, 5.41) is 1.42. The maximum Gasteiger partial charge on any atom is 0.105 e. The van der Waals surface area contributed by atoms with Gasteiger partial charge in [-0.3, -0.25) is 0 Å². The quantitative estimate of drug-likeness (QED) is 0.549. The number of fused-ring (bicyclic) bond motifs is 5. The molecule has 0 aliphatic carbocycles. The summed E-state index contributed by atoms with van der Waals surface area (Å²) in [5.41, 5.74) is 7.04. The number of para-hydroxylation sites is 1. The van der Waals surface area contributed by atoms with E-state index in [1.165, 1.54) is 33.3 Å². The SMILES string of the molecule is CCC1=CCC2c3c(c4ccccc4n3Cc3ccccc3)CCN2C1=S. The van der Waals surface area contributed by atoms with E-state index in [4.69, 9.17) is 12.2 Å². The highest BCUT2D eigenvalue weighted by atomic mass is 32.1. The van der Waals surface area contributed by atoms with Crippen LogP contribution in [0.4, 0.5) is 0 Å². The Bertz CT molecular complexity index is 1040. The van der Waals surface area contributed by atoms with Gasteiger partial charge in [-0.2, -0.15) is 0 Å². The first-order valence-electron chi connectivity index (χ1n) is 9.92. The lowest BCUT2D eigenvalue weighted by atomic mass is 9.90. The fraction of sp³-hybridized carbons (Fsp3) is 0.292. The molecule has 0 amide bonds. The number of aromatic nitrogens is 1. The van der Waals surface area contributed by atoms with E-state index < -0.39 is 0 Å². The van der Waals surface area contributed by atoms with Gasteiger partial charge in [-0.15, -0.1) is 0 Å². The number of hydrogen-bond acceptors (Lipinski definition) is 1. The molecular formula is C24H24N2S. The van der Waals surface area contributed by atoms with Crippen molar-refractivity contribution in [2.75, 3.05) is 6.54 Å². The van der Waals surface area contributed by atoms with Crippen molar-refractivity contribution in [1.29, 1.82) is 0 Å². The van der Waals surface area contributed by atoms with Crippen LogP contribution in [0.15, 0.2) is 66.2 Å². The van der Waals surface area contributed by atoms with Gasteiger partial charge in [0.15, 0.2) is 0 Å². The van der Waals surface area contributed by atoms with Crippen molar-refractivity contribution in [2.24, 2.45) is 0 Å². The Morgan fingerprint density at radius 3 is 2.63 bits per heavy atom. The average molecular weight is 373 g/mol. The Morgan fingerprint density at radius 1 is 1.04 bits per heavy atom. The molecule has 2 aliphatic rings. The Balaban J connectivity index is 1.69. The largest absolute Gasteiger partial charge is 0.353 e. The molecule has 3 aromatic rings. The zero-order valence-electron chi connectivity index (χ0n) is 15.7. The van der Waals surface area contributed by atoms with Crippen LogP contribution in [0.25, 0.3) is 10.9 Å². The number of benzene rings is 2. The molecule has 0 N–H and O–H groups in total. The van der Waals surface area contributed by atoms with Gasteiger partial charge in [-0.25, -0.2) is 0 Å². The van der Waals surface area contributed by atoms with Crippen LogP contribution in [0, 0.1) is 0 Å². The average Bonchev–Trinajstić information content (AvgIpc) is 3.03. The van der Waals surface area contributed by atoms with Crippen LogP contribution in [0.5, 0.6) is 0 Å². The summed E-state index contributed by atoms with van der Waals surface area (Å²) in [6.07, 6.45) is 5.54. The first-order chi connectivity index (χ1) is 13.3. The van der Waals surface area contributed by atoms with Gasteiger partial charge >= 0.3 is 0 Å². The molecule has 3 heteroatoms. The molecule has 5 rings (SSSR count). The van der Waals surface area contributed by atoms with Crippen LogP contribution in [0.2, 0.25) is 0 Å². The number of hydrogen-bond donors (Lipinski definition) is 0. The van der Waals surface area contributed by atoms with Crippen molar-refractivity contribution in [3.8, 4) is 0 Å². The minimum atomic E-state index is 0.368. The van der Waals surface area contributed by atoms with E-state index in [1.807, 2.05) is 0 Å². The van der Waals surface area contributed by atoms with Crippen molar-refractivity contribution in [2.45, 2.75) is 38.8 Å². The summed E-state index contributed by atoms with van der Waals surface area (Å²) >= 11 is 5.86. The first-order valence-corrected chi connectivity index (χ1v) is 10.3. The maximum absolute atomic E-state index is 5.86. The van der Waals surface area contributed by atoms with Gasteiger partial charge in [0.2, 0.25) is 0 Å². The zero-order valence-corrected chi connectivity index (χ0v) is 16.5. The summed E-state index contributed by atoms with van der Waals surface area (Å²) in [6, 6.07) is 20.1. The van der Waals surface area contributed by atoms with Gasteiger partial charge in [-0.1, -0.05) is 73.7 Å². The molecule has 1 aromatic heterocycles. The van der Waals surface area contributed by atoms with Gasteiger partial charge in [0.1, 0.15) is 4.99 Å². The Kier molecular flexibility index (Phi) is 4.13. The predicted molar refractivity (Wildman–Crippen MR) is 116 cm³/mol. The van der Waals surface area contributed by atoms with Crippen molar-refractivity contribution >= 4 is 28.1 Å². The molecule has 0 saturated heterocycles. The lowest BCUT2D eigenvalue weighted by Gasteiger charge is -2.41. The number of thiocarbonyl (C=S) groups is 1. The lowest BCUT2D eigenvalue weighted by Crippen LogP contribution is -2.42. The van der Waals surface area contributed by atoms with Crippen molar-refractivity contribution in [1.82, 2.24) is 9.47 Å². The second-order valence-electron chi connectivity index (χ2n) is 7.54. The van der Waals surface area contributed by atoms with E-state index in [1.54, 1.807) is 0 Å². The molecule has 1 unspecified atom stereocenters. The highest BCUT2D eigenvalue weighted by molar-refractivity contribution is 7.80. The summed E-state index contributed by atoms with van der Waals surface area (Å²) in [5.74, 6) is 0. The normalized spacial score (nSPS) is 19.0. The first kappa shape index (κ1) is 16.8. The van der Waals surface area contributed by atoms with Crippen LogP contribution >= 0.6 is 12.2 Å². The molecular weight excluding hydrogens is 348 g/mol. The molecule has 2 nitrogen and oxygen atoms in total. The smallest absolute Gasteiger partial charge is 0.105 e. The van der Waals surface area contributed by atoms with Crippen LogP contribution in [-0.2, 0) is 13.0 Å². The third kappa shape index (κ3) is 2.64. The second-order valence-corrected chi connectivity index (χ2v) is 7.92. The van der Waals surface area contributed by atoms with E-state index in [0.29, 0.717) is 6.04 Å². The highest BCUT2D eigenvalue weighted by Crippen LogP contribution is 2.42. The molecule has 0 radical (unpaired) electrons. The summed E-state index contributed by atoms with van der Waals surface area (Å²) < 4.78 is 2.55. The van der Waals surface area contributed by atoms with Crippen LogP contribution in [0.3, 0.4) is 0 Å². The molecule has 136 valence electrons. The second kappa shape index (κ2) is 6.65. The third-order valence-corrected chi connectivity index (χ3v) is 6.60. The molecule has 27 heavy (non-hydrogen) atoms. The van der Waals surface area contributed by atoms with Gasteiger partial charge in [0, 0.05) is 29.7 Å². The minimum absolute atomic E-state index is 0.368. The van der Waals surface area contributed by atoms with E-state index in [2.05, 4.69) is 77.1 Å². The Hall–Kier alpha value is -2.39. The number of rotatable bonds is 3. The van der Waals surface area contributed by atoms with Crippen molar-refractivity contribution in [3.63, 3.8) is 0 Å². The van der Waals surface area contributed by atoms with Gasteiger partial charge in [-0.05, 0) is 42.0 Å². The molecule has 3 heterocycles. The standard InChI is InChI=1S/C24H24N2S/c1-2-18-12-13-22-23-20(14-15-25(22)24(18)27)19-10-6-7-11-21(19)26(23)16-17-8-4-3-5-9-17/h3-12,22H,2,13-16H2,1H3. The molecule has 0 bridgehead atoms. The minimum Gasteiger partial charge on any atom is -0.353 e. The molecule has 0 fully saturated rings. The maximum atomic E-state index is 5.86. The molecule has 0 spiro atoms. The highest BCUT2D eigenvalue weighted by Gasteiger charge is 2.36. The summed E-state index contributed by atoms with van der Waals surface area (Å²) in [4.78, 5) is 3.55. The third-order valence-electron chi connectivity index (χ3n) is 6.10. The van der Waals surface area contributed by atoms with E-state index in [-0.39, 0.29) is 0 Å². The molecule has 2 aromatic carbocycles. The van der Waals surface area contributed by atoms with Crippen molar-refractivity contribution < 1.29 is 0 Å². The van der Waals surface area contributed by atoms with Gasteiger partial charge in [0.05, 0.1) is 6.04 Å². The number of nitrogens with zero attached hydrogens (tertiary/aromatic N) is 2. The lowest BCUT2D eigenvalue weighted by molar-refractivity contribution is 0.286. The summed E-state index contributed by atoms with van der Waals surface area (Å²) in [6.45, 7) is 4.16. The van der Waals surface area contributed by atoms with Gasteiger partial charge < -0.3 is 9.47 Å². The Labute approximate surface area is 166 Å². The van der Waals surface area contributed by atoms with Crippen LogP contribution < -0.4 is 0 Å². The molecule has 0 saturated carbocycles. The zero-order chi connectivity index (χ0) is 18.4. The summed E-state index contributed by atoms with van der Waals surface area (Å²) in [7, 11) is 0. The fourth-order valence-corrected chi connectivity index (χ4v) is 5.26. The molecule has 1 atom stereocenters. The van der Waals surface area contributed by atoms with E-state index >= 15 is 0 Å². The molecule has 2 aliphatic heterocycles. The monoisotopic (exact) mass is 372 g/mol. The topological polar surface area (TPSA) is 8.17 Å². The van der Waals surface area contributed by atoms with E-state index in [0.717, 1.165) is 37.3 Å². The Morgan fingerprint density at radius 2 is 1.81 bits per heavy atom.